The maximum Gasteiger partial charge on any atom is 0.506 e. The predicted molar refractivity (Wildman–Crippen MR) is 61.3 cm³/mol. The van der Waals surface area contributed by atoms with Crippen LogP contribution in [0.1, 0.15) is 6.42 Å². The van der Waals surface area contributed by atoms with Gasteiger partial charge in [0.2, 0.25) is 0 Å². The molecule has 2 nitrogen and oxygen atoms in total. The van der Waals surface area contributed by atoms with Crippen LogP contribution in [0.15, 0.2) is 12.1 Å². The van der Waals surface area contributed by atoms with Crippen molar-refractivity contribution in [2.45, 2.75) is 6.42 Å². The van der Waals surface area contributed by atoms with Crippen molar-refractivity contribution in [1.82, 2.24) is 9.80 Å². The SMILES string of the molecule is C=C(CN(C)CC1CCN(C)C1)[B-](F)(F)F. The molecule has 1 aliphatic rings. The average molecular weight is 235 g/mol. The first-order valence-electron chi connectivity index (χ1n) is 5.53. The third-order valence-electron chi connectivity index (χ3n) is 2.99. The highest BCUT2D eigenvalue weighted by Gasteiger charge is 2.28. The van der Waals surface area contributed by atoms with Crippen molar-refractivity contribution in [3.63, 3.8) is 0 Å². The highest BCUT2D eigenvalue weighted by atomic mass is 19.4. The van der Waals surface area contributed by atoms with E-state index in [-0.39, 0.29) is 6.54 Å². The van der Waals surface area contributed by atoms with Crippen molar-refractivity contribution < 1.29 is 12.9 Å². The van der Waals surface area contributed by atoms with Gasteiger partial charge >= 0.3 is 6.98 Å². The number of halogens is 3. The summed E-state index contributed by atoms with van der Waals surface area (Å²) in [5, 5.41) is 0. The van der Waals surface area contributed by atoms with Crippen LogP contribution < -0.4 is 0 Å². The van der Waals surface area contributed by atoms with Gasteiger partial charge in [-0.1, -0.05) is 0 Å². The fraction of sp³-hybridized carbons (Fsp3) is 0.800. The van der Waals surface area contributed by atoms with Gasteiger partial charge in [0.1, 0.15) is 0 Å². The quantitative estimate of drug-likeness (QED) is 0.670. The molecular weight excluding hydrogens is 216 g/mol. The smallest absolute Gasteiger partial charge is 0.445 e. The second-order valence-electron chi connectivity index (χ2n) is 4.85. The normalized spacial score (nSPS) is 23.0. The molecular formula is C10H19BF3N2-. The Hall–Kier alpha value is -0.485. The van der Waals surface area contributed by atoms with Crippen LogP contribution in [-0.2, 0) is 0 Å². The van der Waals surface area contributed by atoms with E-state index in [9.17, 15) is 12.9 Å². The predicted octanol–water partition coefficient (Wildman–Crippen LogP) is 1.81. The van der Waals surface area contributed by atoms with E-state index in [0.29, 0.717) is 5.92 Å². The molecule has 0 bridgehead atoms. The second-order valence-corrected chi connectivity index (χ2v) is 4.85. The first kappa shape index (κ1) is 13.6. The summed E-state index contributed by atoms with van der Waals surface area (Å²) in [6.07, 6.45) is 1.07. The molecule has 0 aromatic heterocycles. The standard InChI is InChI=1S/C10H19BF3N2/c1-9(11(12,13)14)6-16(3)8-10-4-5-15(2)7-10/h10H,1,4-8H2,2-3H3/q-1. The molecule has 1 aliphatic heterocycles. The van der Waals surface area contributed by atoms with Crippen LogP contribution >= 0.6 is 0 Å². The molecule has 0 aromatic rings. The maximum absolute atomic E-state index is 12.3. The Balaban J connectivity index is 2.31. The fourth-order valence-electron chi connectivity index (χ4n) is 2.13. The Kier molecular flexibility index (Phi) is 4.44. The molecule has 1 atom stereocenters. The van der Waals surface area contributed by atoms with Gasteiger partial charge in [0, 0.05) is 13.1 Å². The van der Waals surface area contributed by atoms with Crippen molar-refractivity contribution in [2.75, 3.05) is 40.3 Å². The molecule has 94 valence electrons. The van der Waals surface area contributed by atoms with Crippen molar-refractivity contribution >= 4 is 6.98 Å². The maximum atomic E-state index is 12.3. The summed E-state index contributed by atoms with van der Waals surface area (Å²) < 4.78 is 36.9. The third kappa shape index (κ3) is 4.18. The third-order valence-corrected chi connectivity index (χ3v) is 2.99. The number of rotatable bonds is 5. The molecule has 0 aliphatic carbocycles. The number of hydrogen-bond donors (Lipinski definition) is 0. The van der Waals surface area contributed by atoms with Gasteiger partial charge in [0.25, 0.3) is 0 Å². The molecule has 0 amide bonds. The van der Waals surface area contributed by atoms with Crippen molar-refractivity contribution in [3.05, 3.63) is 12.1 Å². The molecule has 0 radical (unpaired) electrons. The van der Waals surface area contributed by atoms with E-state index >= 15 is 0 Å². The number of likely N-dealkylation sites (tertiary alicyclic amines) is 1. The van der Waals surface area contributed by atoms with Crippen molar-refractivity contribution in [3.8, 4) is 0 Å². The Labute approximate surface area is 95.2 Å². The summed E-state index contributed by atoms with van der Waals surface area (Å²) in [7, 11) is 3.77. The summed E-state index contributed by atoms with van der Waals surface area (Å²) in [5.41, 5.74) is -0.603. The van der Waals surface area contributed by atoms with Gasteiger partial charge < -0.3 is 22.7 Å². The Bertz CT molecular complexity index is 255. The number of nitrogens with zero attached hydrogens (tertiary/aromatic N) is 2. The lowest BCUT2D eigenvalue weighted by atomic mass is 9.80. The lowest BCUT2D eigenvalue weighted by Gasteiger charge is -2.26. The zero-order valence-corrected chi connectivity index (χ0v) is 9.93. The fourth-order valence-corrected chi connectivity index (χ4v) is 2.13. The van der Waals surface area contributed by atoms with E-state index in [0.717, 1.165) is 26.1 Å². The van der Waals surface area contributed by atoms with Crippen LogP contribution in [0.4, 0.5) is 12.9 Å². The Morgan fingerprint density at radius 1 is 1.50 bits per heavy atom. The first-order chi connectivity index (χ1) is 7.29. The molecule has 16 heavy (non-hydrogen) atoms. The topological polar surface area (TPSA) is 6.48 Å². The van der Waals surface area contributed by atoms with Crippen molar-refractivity contribution in [2.24, 2.45) is 5.92 Å². The average Bonchev–Trinajstić information content (AvgIpc) is 2.49. The van der Waals surface area contributed by atoms with E-state index < -0.39 is 12.4 Å². The minimum atomic E-state index is -4.88. The summed E-state index contributed by atoms with van der Waals surface area (Å²) in [5.74, 6) is 0.489. The van der Waals surface area contributed by atoms with E-state index in [1.165, 1.54) is 0 Å². The van der Waals surface area contributed by atoms with Crippen LogP contribution in [0.25, 0.3) is 0 Å². The zero-order valence-electron chi connectivity index (χ0n) is 9.93. The molecule has 1 rings (SSSR count). The molecule has 1 unspecified atom stereocenters. The number of hydrogen-bond acceptors (Lipinski definition) is 2. The molecule has 0 saturated carbocycles. The van der Waals surface area contributed by atoms with Crippen LogP contribution in [0, 0.1) is 5.92 Å². The van der Waals surface area contributed by atoms with Gasteiger partial charge in [-0.25, -0.2) is 0 Å². The van der Waals surface area contributed by atoms with Gasteiger partial charge in [-0.2, -0.15) is 0 Å². The van der Waals surface area contributed by atoms with E-state index in [4.69, 9.17) is 0 Å². The Morgan fingerprint density at radius 2 is 2.12 bits per heavy atom. The van der Waals surface area contributed by atoms with Crippen molar-refractivity contribution in [1.29, 1.82) is 0 Å². The van der Waals surface area contributed by atoms with Crippen LogP contribution in [-0.4, -0.2) is 57.1 Å². The van der Waals surface area contributed by atoms with Gasteiger partial charge in [0.15, 0.2) is 0 Å². The first-order valence-corrected chi connectivity index (χ1v) is 5.53. The van der Waals surface area contributed by atoms with E-state index in [1.807, 2.05) is 7.05 Å². The lowest BCUT2D eigenvalue weighted by molar-refractivity contribution is 0.289. The van der Waals surface area contributed by atoms with Gasteiger partial charge in [0.05, 0.1) is 0 Å². The van der Waals surface area contributed by atoms with Gasteiger partial charge in [-0.15, -0.1) is 12.1 Å². The minimum Gasteiger partial charge on any atom is -0.445 e. The minimum absolute atomic E-state index is 0.0658. The van der Waals surface area contributed by atoms with E-state index in [2.05, 4.69) is 11.5 Å². The molecule has 0 aromatic carbocycles. The van der Waals surface area contributed by atoms with Crippen LogP contribution in [0.5, 0.6) is 0 Å². The molecule has 0 spiro atoms. The van der Waals surface area contributed by atoms with Gasteiger partial charge in [-0.05, 0) is 39.5 Å². The highest BCUT2D eigenvalue weighted by Crippen LogP contribution is 2.20. The zero-order chi connectivity index (χ0) is 12.3. The van der Waals surface area contributed by atoms with Gasteiger partial charge in [-0.3, -0.25) is 0 Å². The van der Waals surface area contributed by atoms with Crippen LogP contribution in [0.3, 0.4) is 0 Å². The molecule has 1 heterocycles. The highest BCUT2D eigenvalue weighted by molar-refractivity contribution is 6.66. The largest absolute Gasteiger partial charge is 0.506 e. The summed E-state index contributed by atoms with van der Waals surface area (Å²) in [6, 6.07) is 0. The molecule has 1 fully saturated rings. The number of likely N-dealkylation sites (N-methyl/N-ethyl adjacent to an activating group) is 1. The molecule has 0 N–H and O–H groups in total. The molecule has 6 heteroatoms. The van der Waals surface area contributed by atoms with Crippen LogP contribution in [0.2, 0.25) is 0 Å². The van der Waals surface area contributed by atoms with E-state index in [1.54, 1.807) is 11.9 Å². The Morgan fingerprint density at radius 3 is 2.56 bits per heavy atom. The monoisotopic (exact) mass is 235 g/mol. The molecule has 1 saturated heterocycles. The summed E-state index contributed by atoms with van der Waals surface area (Å²) >= 11 is 0. The summed E-state index contributed by atoms with van der Waals surface area (Å²) in [4.78, 5) is 3.93. The summed E-state index contributed by atoms with van der Waals surface area (Å²) in [6.45, 7) is 0.900. The lowest BCUT2D eigenvalue weighted by Crippen LogP contribution is -2.33. The second kappa shape index (κ2) is 5.23.